The molecule has 0 bridgehead atoms. The first-order valence-corrected chi connectivity index (χ1v) is 22.2. The number of ether oxygens (including phenoxy) is 2. The average molecular weight is 938 g/mol. The summed E-state index contributed by atoms with van der Waals surface area (Å²) in [7, 11) is 0. The van der Waals surface area contributed by atoms with Crippen LogP contribution in [0.15, 0.2) is 72.8 Å². The Bertz CT molecular complexity index is 2240. The van der Waals surface area contributed by atoms with E-state index in [1.807, 2.05) is 27.7 Å². The van der Waals surface area contributed by atoms with E-state index in [0.29, 0.717) is 35.8 Å². The summed E-state index contributed by atoms with van der Waals surface area (Å²) in [4.78, 5) is 26.2. The van der Waals surface area contributed by atoms with Crippen LogP contribution in [0, 0.1) is 34.3 Å². The second kappa shape index (κ2) is 17.6. The molecule has 0 N–H and O–H groups in total. The third kappa shape index (κ3) is 9.56. The van der Waals surface area contributed by atoms with Crippen LogP contribution in [-0.4, -0.2) is 24.8 Å². The molecule has 4 aromatic rings. The van der Waals surface area contributed by atoms with E-state index in [2.05, 4.69) is 0 Å². The third-order valence-corrected chi connectivity index (χ3v) is 15.3. The predicted octanol–water partition coefficient (Wildman–Crippen LogP) is 14.3. The summed E-state index contributed by atoms with van der Waals surface area (Å²) < 4.78 is 118. The molecule has 64 heavy (non-hydrogen) atoms. The predicted molar refractivity (Wildman–Crippen MR) is 229 cm³/mol. The zero-order chi connectivity index (χ0) is 46.6. The number of carbonyl (C=O) groups is 2. The SMILES string of the molecule is CC(C)(C(=O)Cc1ccc(Cl)cc1F)C1CCC2(CC1)COc1cc(C(F)(F)F)ccc12.CC(C)(C(=O)Cc1ccc(Cl)cc1F)C1CCC2(CC1)COc1cc(C(F)(F)F)ccc12. The molecule has 2 fully saturated rings. The van der Waals surface area contributed by atoms with Crippen molar-refractivity contribution in [1.82, 2.24) is 0 Å². The summed E-state index contributed by atoms with van der Waals surface area (Å²) in [5, 5.41) is 0.578. The highest BCUT2D eigenvalue weighted by Crippen LogP contribution is 2.55. The lowest BCUT2D eigenvalue weighted by molar-refractivity contribution is -0.138. The van der Waals surface area contributed by atoms with Crippen molar-refractivity contribution < 1.29 is 54.2 Å². The maximum Gasteiger partial charge on any atom is 0.416 e. The smallest absolute Gasteiger partial charge is 0.416 e. The average Bonchev–Trinajstić information content (AvgIpc) is 3.76. The van der Waals surface area contributed by atoms with Gasteiger partial charge in [0.25, 0.3) is 0 Å². The molecule has 2 aliphatic heterocycles. The zero-order valence-corrected chi connectivity index (χ0v) is 37.5. The summed E-state index contributed by atoms with van der Waals surface area (Å²) in [5.41, 5.74) is -0.989. The van der Waals surface area contributed by atoms with E-state index in [4.69, 9.17) is 32.7 Å². The maximum atomic E-state index is 14.2. The lowest BCUT2D eigenvalue weighted by atomic mass is 9.60. The van der Waals surface area contributed by atoms with Gasteiger partial charge in [0.1, 0.15) is 34.7 Å². The molecule has 4 aromatic carbocycles. The van der Waals surface area contributed by atoms with Gasteiger partial charge in [-0.25, -0.2) is 8.78 Å². The van der Waals surface area contributed by atoms with Crippen LogP contribution in [-0.2, 0) is 45.6 Å². The van der Waals surface area contributed by atoms with Gasteiger partial charge >= 0.3 is 12.4 Å². The van der Waals surface area contributed by atoms with Crippen LogP contribution in [0.2, 0.25) is 10.0 Å². The number of ketones is 2. The highest BCUT2D eigenvalue weighted by molar-refractivity contribution is 6.30. The van der Waals surface area contributed by atoms with E-state index >= 15 is 0 Å². The molecule has 8 rings (SSSR count). The largest absolute Gasteiger partial charge is 0.492 e. The Kier molecular flexibility index (Phi) is 13.1. The minimum Gasteiger partial charge on any atom is -0.492 e. The fourth-order valence-electron chi connectivity index (χ4n) is 10.3. The van der Waals surface area contributed by atoms with E-state index < -0.39 is 45.9 Å². The molecule has 4 aliphatic rings. The molecular formula is C50H50Cl2F8O4. The van der Waals surface area contributed by atoms with Gasteiger partial charge in [-0.15, -0.1) is 0 Å². The van der Waals surface area contributed by atoms with Crippen molar-refractivity contribution in [3.63, 3.8) is 0 Å². The molecule has 0 amide bonds. The van der Waals surface area contributed by atoms with Crippen LogP contribution in [0.1, 0.15) is 112 Å². The number of alkyl halides is 6. The van der Waals surface area contributed by atoms with Crippen LogP contribution in [0.4, 0.5) is 35.1 Å². The minimum atomic E-state index is -4.40. The molecule has 0 radical (unpaired) electrons. The minimum absolute atomic E-state index is 0.00378. The monoisotopic (exact) mass is 936 g/mol. The highest BCUT2D eigenvalue weighted by atomic mass is 35.5. The number of hydrogen-bond donors (Lipinski definition) is 0. The van der Waals surface area contributed by atoms with Gasteiger partial charge in [-0.2, -0.15) is 26.3 Å². The molecule has 0 atom stereocenters. The lowest BCUT2D eigenvalue weighted by Gasteiger charge is -2.42. The first kappa shape index (κ1) is 47.8. The molecule has 2 heterocycles. The number of hydrogen-bond acceptors (Lipinski definition) is 4. The molecule has 2 saturated carbocycles. The molecule has 344 valence electrons. The summed E-state index contributed by atoms with van der Waals surface area (Å²) in [6.45, 7) is 8.34. The summed E-state index contributed by atoms with van der Waals surface area (Å²) in [5.74, 6) is -0.192. The number of rotatable bonds is 8. The topological polar surface area (TPSA) is 52.6 Å². The number of Topliss-reactive ketones (excluding diaryl/α,β-unsaturated/α-hetero) is 2. The van der Waals surface area contributed by atoms with E-state index in [9.17, 15) is 44.7 Å². The van der Waals surface area contributed by atoms with Gasteiger partial charge in [0.05, 0.1) is 24.3 Å². The molecule has 2 spiro atoms. The second-order valence-electron chi connectivity index (χ2n) is 19.2. The fraction of sp³-hybridized carbons (Fsp3) is 0.480. The van der Waals surface area contributed by atoms with Gasteiger partial charge in [-0.05, 0) is 123 Å². The number of benzene rings is 4. The number of fused-ring (bicyclic) bond motifs is 4. The van der Waals surface area contributed by atoms with Crippen molar-refractivity contribution in [3.05, 3.63) is 128 Å². The van der Waals surface area contributed by atoms with Crippen LogP contribution in [0.5, 0.6) is 11.5 Å². The van der Waals surface area contributed by atoms with Gasteiger partial charge in [0.2, 0.25) is 0 Å². The van der Waals surface area contributed by atoms with E-state index in [0.717, 1.165) is 86.8 Å². The zero-order valence-electron chi connectivity index (χ0n) is 36.0. The third-order valence-electron chi connectivity index (χ3n) is 14.9. The van der Waals surface area contributed by atoms with Gasteiger partial charge in [0, 0.05) is 55.7 Å². The second-order valence-corrected chi connectivity index (χ2v) is 20.1. The van der Waals surface area contributed by atoms with Crippen molar-refractivity contribution >= 4 is 34.8 Å². The molecule has 14 heteroatoms. The Morgan fingerprint density at radius 1 is 0.562 bits per heavy atom. The van der Waals surface area contributed by atoms with Crippen LogP contribution >= 0.6 is 23.2 Å². The van der Waals surface area contributed by atoms with Crippen molar-refractivity contribution in [3.8, 4) is 11.5 Å². The van der Waals surface area contributed by atoms with Crippen molar-refractivity contribution in [2.75, 3.05) is 13.2 Å². The van der Waals surface area contributed by atoms with Crippen LogP contribution in [0.25, 0.3) is 0 Å². The maximum absolute atomic E-state index is 14.2. The van der Waals surface area contributed by atoms with Crippen LogP contribution < -0.4 is 9.47 Å². The molecule has 4 nitrogen and oxygen atoms in total. The molecule has 2 aliphatic carbocycles. The molecular weight excluding hydrogens is 887 g/mol. The van der Waals surface area contributed by atoms with Gasteiger partial charge in [-0.1, -0.05) is 75.2 Å². The van der Waals surface area contributed by atoms with Crippen molar-refractivity contribution in [2.45, 2.75) is 115 Å². The quantitative estimate of drug-likeness (QED) is 0.165. The fourth-order valence-corrected chi connectivity index (χ4v) is 10.6. The normalized spacial score (nSPS) is 23.2. The van der Waals surface area contributed by atoms with Crippen molar-refractivity contribution in [2.24, 2.45) is 22.7 Å². The summed E-state index contributed by atoms with van der Waals surface area (Å²) in [6, 6.07) is 16.2. The lowest BCUT2D eigenvalue weighted by Crippen LogP contribution is -2.41. The first-order chi connectivity index (χ1) is 29.8. The Labute approximate surface area is 378 Å². The Morgan fingerprint density at radius 2 is 0.906 bits per heavy atom. The first-order valence-electron chi connectivity index (χ1n) is 21.5. The molecule has 0 unspecified atom stereocenters. The van der Waals surface area contributed by atoms with Gasteiger partial charge < -0.3 is 9.47 Å². The number of carbonyl (C=O) groups excluding carboxylic acids is 2. The van der Waals surface area contributed by atoms with Gasteiger partial charge in [0.15, 0.2) is 0 Å². The Balaban J connectivity index is 0.000000191. The number of halogens is 10. The van der Waals surface area contributed by atoms with Crippen molar-refractivity contribution in [1.29, 1.82) is 0 Å². The summed E-state index contributed by atoms with van der Waals surface area (Å²) >= 11 is 11.6. The van der Waals surface area contributed by atoms with E-state index in [1.165, 1.54) is 12.1 Å². The Hall–Kier alpha value is -4.16. The van der Waals surface area contributed by atoms with E-state index in [1.54, 1.807) is 36.4 Å². The van der Waals surface area contributed by atoms with E-state index in [-0.39, 0.29) is 57.1 Å². The molecule has 0 saturated heterocycles. The Morgan fingerprint density at radius 3 is 1.22 bits per heavy atom. The highest BCUT2D eigenvalue weighted by Gasteiger charge is 2.50. The standard InChI is InChI=1S/2C25H25ClF4O2/c2*1-23(2,22(31)11-15-3-5-18(26)13-20(15)27)16-7-9-24(10-8-16)14-32-21-12-17(25(28,29)30)4-6-19(21)24/h2*3-6,12-13,16H,7-11,14H2,1-2H3. The van der Waals surface area contributed by atoms with Gasteiger partial charge in [-0.3, -0.25) is 9.59 Å². The van der Waals surface area contributed by atoms with Crippen LogP contribution in [0.3, 0.4) is 0 Å². The summed E-state index contributed by atoms with van der Waals surface area (Å²) in [6.07, 6.45) is -2.82. The molecule has 0 aromatic heterocycles.